The topological polar surface area (TPSA) is 94.0 Å². The van der Waals surface area contributed by atoms with E-state index in [1.807, 2.05) is 55.5 Å². The predicted molar refractivity (Wildman–Crippen MR) is 102 cm³/mol. The van der Waals surface area contributed by atoms with Gasteiger partial charge in [-0.3, -0.25) is 4.79 Å². The molecule has 8 nitrogen and oxygen atoms in total. The lowest BCUT2D eigenvalue weighted by molar-refractivity contribution is -0.120. The number of methoxy groups -OCH3 is 1. The first-order chi connectivity index (χ1) is 13.1. The number of anilines is 1. The number of nitrogens with zero attached hydrogens (tertiary/aromatic N) is 4. The molecular formula is C19H22N6O2. The first-order valence-corrected chi connectivity index (χ1v) is 8.57. The molecule has 27 heavy (non-hydrogen) atoms. The van der Waals surface area contributed by atoms with E-state index in [4.69, 9.17) is 4.74 Å². The number of aryl methyl sites for hydroxylation is 1. The second-order valence-corrected chi connectivity index (χ2v) is 6.09. The first-order valence-electron chi connectivity index (χ1n) is 8.57. The van der Waals surface area contributed by atoms with Gasteiger partial charge in [-0.2, -0.15) is 0 Å². The Balaban J connectivity index is 1.60. The molecule has 0 fully saturated rings. The Morgan fingerprint density at radius 2 is 2.04 bits per heavy atom. The standard InChI is InChI=1S/C19H22N6O2/c1-13(16-9-4-5-10-17(16)27-3)21-18(26)12-20-15-8-6-7-14(11-15)19-22-23-24-25(19)2/h4-11,13,20H,12H2,1-3H3,(H,21,26). The van der Waals surface area contributed by atoms with Crippen molar-refractivity contribution in [2.75, 3.05) is 19.0 Å². The van der Waals surface area contributed by atoms with Crippen LogP contribution in [-0.4, -0.2) is 39.8 Å². The number of hydrogen-bond donors (Lipinski definition) is 2. The van der Waals surface area contributed by atoms with Gasteiger partial charge in [0.1, 0.15) is 5.75 Å². The number of nitrogens with one attached hydrogen (secondary N) is 2. The second kappa shape index (κ2) is 8.31. The molecule has 1 unspecified atom stereocenters. The monoisotopic (exact) mass is 366 g/mol. The Kier molecular flexibility index (Phi) is 5.65. The first kappa shape index (κ1) is 18.4. The van der Waals surface area contributed by atoms with Gasteiger partial charge in [-0.1, -0.05) is 30.3 Å². The molecule has 2 N–H and O–H groups in total. The summed E-state index contributed by atoms with van der Waals surface area (Å²) < 4.78 is 6.95. The van der Waals surface area contributed by atoms with Crippen molar-refractivity contribution in [3.63, 3.8) is 0 Å². The highest BCUT2D eigenvalue weighted by Crippen LogP contribution is 2.24. The summed E-state index contributed by atoms with van der Waals surface area (Å²) in [5.74, 6) is 1.30. The SMILES string of the molecule is COc1ccccc1C(C)NC(=O)CNc1cccc(-c2nnnn2C)c1. The molecule has 1 amide bonds. The van der Waals surface area contributed by atoms with E-state index >= 15 is 0 Å². The third-order valence-corrected chi connectivity index (χ3v) is 4.18. The Morgan fingerprint density at radius 1 is 1.22 bits per heavy atom. The van der Waals surface area contributed by atoms with E-state index in [9.17, 15) is 4.79 Å². The minimum atomic E-state index is -0.161. The van der Waals surface area contributed by atoms with Crippen LogP contribution in [-0.2, 0) is 11.8 Å². The Hall–Kier alpha value is -3.42. The average molecular weight is 366 g/mol. The van der Waals surface area contributed by atoms with Crippen molar-refractivity contribution in [2.45, 2.75) is 13.0 Å². The van der Waals surface area contributed by atoms with Crippen LogP contribution in [0.5, 0.6) is 5.75 Å². The molecule has 1 aromatic heterocycles. The summed E-state index contributed by atoms with van der Waals surface area (Å²) in [6, 6.07) is 15.1. The van der Waals surface area contributed by atoms with E-state index in [0.717, 1.165) is 22.6 Å². The van der Waals surface area contributed by atoms with Crippen molar-refractivity contribution < 1.29 is 9.53 Å². The number of carbonyl (C=O) groups is 1. The molecular weight excluding hydrogens is 344 g/mol. The van der Waals surface area contributed by atoms with Crippen molar-refractivity contribution in [1.82, 2.24) is 25.5 Å². The number of benzene rings is 2. The molecule has 1 atom stereocenters. The summed E-state index contributed by atoms with van der Waals surface area (Å²) in [6.45, 7) is 2.08. The van der Waals surface area contributed by atoms with Crippen LogP contribution in [0.3, 0.4) is 0 Å². The molecule has 0 saturated carbocycles. The van der Waals surface area contributed by atoms with Crippen molar-refractivity contribution in [1.29, 1.82) is 0 Å². The maximum absolute atomic E-state index is 12.3. The lowest BCUT2D eigenvalue weighted by atomic mass is 10.1. The molecule has 0 bridgehead atoms. The molecule has 0 aliphatic rings. The smallest absolute Gasteiger partial charge is 0.239 e. The lowest BCUT2D eigenvalue weighted by Crippen LogP contribution is -2.32. The molecule has 2 aromatic carbocycles. The van der Waals surface area contributed by atoms with Crippen molar-refractivity contribution in [3.05, 3.63) is 54.1 Å². The van der Waals surface area contributed by atoms with Gasteiger partial charge < -0.3 is 15.4 Å². The van der Waals surface area contributed by atoms with Crippen LogP contribution in [0.15, 0.2) is 48.5 Å². The number of ether oxygens (including phenoxy) is 1. The van der Waals surface area contributed by atoms with Crippen LogP contribution in [0.1, 0.15) is 18.5 Å². The number of para-hydroxylation sites is 1. The fourth-order valence-corrected chi connectivity index (χ4v) is 2.82. The summed E-state index contributed by atoms with van der Waals surface area (Å²) in [5, 5.41) is 17.6. The van der Waals surface area contributed by atoms with Gasteiger partial charge in [0.05, 0.1) is 19.7 Å². The molecule has 0 aliphatic heterocycles. The lowest BCUT2D eigenvalue weighted by Gasteiger charge is -2.17. The summed E-state index contributed by atoms with van der Waals surface area (Å²) in [4.78, 5) is 12.3. The molecule has 0 spiro atoms. The molecule has 1 heterocycles. The molecule has 140 valence electrons. The number of carbonyl (C=O) groups excluding carboxylic acids is 1. The summed E-state index contributed by atoms with van der Waals surface area (Å²) in [5.41, 5.74) is 2.62. The number of hydrogen-bond acceptors (Lipinski definition) is 6. The van der Waals surface area contributed by atoms with E-state index < -0.39 is 0 Å². The number of amides is 1. The maximum atomic E-state index is 12.3. The zero-order valence-electron chi connectivity index (χ0n) is 15.5. The van der Waals surface area contributed by atoms with Crippen molar-refractivity contribution >= 4 is 11.6 Å². The Bertz CT molecular complexity index is 924. The van der Waals surface area contributed by atoms with Gasteiger partial charge in [0.15, 0.2) is 5.82 Å². The van der Waals surface area contributed by atoms with Crippen LogP contribution in [0, 0.1) is 0 Å². The van der Waals surface area contributed by atoms with Gasteiger partial charge in [0.25, 0.3) is 0 Å². The van der Waals surface area contributed by atoms with E-state index in [-0.39, 0.29) is 18.5 Å². The Labute approximate surface area is 157 Å². The van der Waals surface area contributed by atoms with Gasteiger partial charge >= 0.3 is 0 Å². The highest BCUT2D eigenvalue weighted by Gasteiger charge is 2.13. The zero-order chi connectivity index (χ0) is 19.2. The van der Waals surface area contributed by atoms with E-state index in [2.05, 4.69) is 26.2 Å². The maximum Gasteiger partial charge on any atom is 0.239 e. The largest absolute Gasteiger partial charge is 0.496 e. The molecule has 8 heteroatoms. The van der Waals surface area contributed by atoms with Crippen LogP contribution in [0.2, 0.25) is 0 Å². The molecule has 0 saturated heterocycles. The fraction of sp³-hybridized carbons (Fsp3) is 0.263. The highest BCUT2D eigenvalue weighted by molar-refractivity contribution is 5.81. The molecule has 0 aliphatic carbocycles. The molecule has 0 radical (unpaired) electrons. The van der Waals surface area contributed by atoms with Crippen molar-refractivity contribution in [2.24, 2.45) is 7.05 Å². The van der Waals surface area contributed by atoms with Crippen LogP contribution >= 0.6 is 0 Å². The minimum Gasteiger partial charge on any atom is -0.496 e. The average Bonchev–Trinajstić information content (AvgIpc) is 3.12. The summed E-state index contributed by atoms with van der Waals surface area (Å²) >= 11 is 0. The van der Waals surface area contributed by atoms with Crippen LogP contribution in [0.25, 0.3) is 11.4 Å². The van der Waals surface area contributed by atoms with E-state index in [1.54, 1.807) is 18.8 Å². The van der Waals surface area contributed by atoms with Gasteiger partial charge in [0, 0.05) is 23.9 Å². The zero-order valence-corrected chi connectivity index (χ0v) is 15.5. The third-order valence-electron chi connectivity index (χ3n) is 4.18. The van der Waals surface area contributed by atoms with Gasteiger partial charge in [0.2, 0.25) is 5.91 Å². The fourth-order valence-electron chi connectivity index (χ4n) is 2.82. The van der Waals surface area contributed by atoms with E-state index in [0.29, 0.717) is 5.82 Å². The van der Waals surface area contributed by atoms with Gasteiger partial charge in [-0.25, -0.2) is 4.68 Å². The molecule has 3 rings (SSSR count). The van der Waals surface area contributed by atoms with Crippen LogP contribution < -0.4 is 15.4 Å². The second-order valence-electron chi connectivity index (χ2n) is 6.09. The Morgan fingerprint density at radius 3 is 2.78 bits per heavy atom. The van der Waals surface area contributed by atoms with Gasteiger partial charge in [-0.15, -0.1) is 5.10 Å². The normalized spacial score (nSPS) is 11.7. The number of tetrazole rings is 1. The highest BCUT2D eigenvalue weighted by atomic mass is 16.5. The predicted octanol–water partition coefficient (Wildman–Crippen LogP) is 2.17. The van der Waals surface area contributed by atoms with Gasteiger partial charge in [-0.05, 0) is 35.5 Å². The number of rotatable bonds is 7. The van der Waals surface area contributed by atoms with Crippen molar-refractivity contribution in [3.8, 4) is 17.1 Å². The minimum absolute atomic E-state index is 0.112. The van der Waals surface area contributed by atoms with Crippen LogP contribution in [0.4, 0.5) is 5.69 Å². The third kappa shape index (κ3) is 4.41. The van der Waals surface area contributed by atoms with E-state index in [1.165, 1.54) is 0 Å². The quantitative estimate of drug-likeness (QED) is 0.666. The molecule has 3 aromatic rings. The summed E-state index contributed by atoms with van der Waals surface area (Å²) in [7, 11) is 3.40. The summed E-state index contributed by atoms with van der Waals surface area (Å²) in [6.07, 6.45) is 0. The number of aromatic nitrogens is 4.